The Balaban J connectivity index is 1.02. The fourth-order valence-electron chi connectivity index (χ4n) is 10.6. The highest BCUT2D eigenvalue weighted by Crippen LogP contribution is 2.48. The van der Waals surface area contributed by atoms with E-state index >= 15 is 0 Å². The van der Waals surface area contributed by atoms with Crippen LogP contribution in [0.3, 0.4) is 0 Å². The number of nitrogens with one attached hydrogen (secondary N) is 3. The van der Waals surface area contributed by atoms with E-state index < -0.39 is 12.1 Å². The predicted molar refractivity (Wildman–Crippen MR) is 247 cm³/mol. The number of carbonyl (C=O) groups excluding carboxylic acids is 3. The van der Waals surface area contributed by atoms with E-state index in [1.807, 2.05) is 23.6 Å². The summed E-state index contributed by atoms with van der Waals surface area (Å²) in [6, 6.07) is 21.7. The number of carbonyl (C=O) groups is 3. The van der Waals surface area contributed by atoms with Crippen molar-refractivity contribution in [1.82, 2.24) is 40.0 Å². The Labute approximate surface area is 370 Å². The summed E-state index contributed by atoms with van der Waals surface area (Å²) in [5, 5.41) is 2.76. The van der Waals surface area contributed by atoms with Crippen molar-refractivity contribution in [3.63, 3.8) is 0 Å². The van der Waals surface area contributed by atoms with E-state index in [9.17, 15) is 14.4 Å². The number of H-pyrrole nitrogens is 2. The fourth-order valence-corrected chi connectivity index (χ4v) is 10.6. The van der Waals surface area contributed by atoms with Crippen molar-refractivity contribution in [1.29, 1.82) is 0 Å². The number of benzene rings is 3. The van der Waals surface area contributed by atoms with Crippen molar-refractivity contribution in [2.75, 3.05) is 63.2 Å². The molecule has 14 nitrogen and oxygen atoms in total. The van der Waals surface area contributed by atoms with Crippen LogP contribution >= 0.6 is 0 Å². The first-order valence-electron chi connectivity index (χ1n) is 23.2. The molecule has 3 aromatic carbocycles. The Bertz CT molecular complexity index is 2440. The number of anilines is 2. The largest absolute Gasteiger partial charge is 0.453 e. The van der Waals surface area contributed by atoms with Crippen LogP contribution < -0.4 is 15.1 Å². The molecule has 6 heterocycles. The van der Waals surface area contributed by atoms with Crippen LogP contribution in [0, 0.1) is 11.8 Å². The normalized spacial score (nSPS) is 22.6. The number of aromatic nitrogens is 4. The third kappa shape index (κ3) is 8.58. The minimum Gasteiger partial charge on any atom is -0.453 e. The van der Waals surface area contributed by atoms with E-state index in [2.05, 4.69) is 112 Å². The number of fused-ring (bicyclic) bond motifs is 2. The molecule has 3 N–H and O–H groups in total. The van der Waals surface area contributed by atoms with Crippen LogP contribution in [-0.2, 0) is 14.3 Å². The zero-order valence-corrected chi connectivity index (χ0v) is 37.8. The second kappa shape index (κ2) is 17.9. The number of likely N-dealkylation sites (tertiary alicyclic amines) is 2. The zero-order chi connectivity index (χ0) is 43.9. The van der Waals surface area contributed by atoms with Gasteiger partial charge in [0, 0.05) is 57.1 Å². The molecule has 0 spiro atoms. The molecule has 14 heteroatoms. The number of aromatic amines is 2. The number of hydrogen-bond donors (Lipinski definition) is 3. The molecule has 4 aliphatic rings. The van der Waals surface area contributed by atoms with Gasteiger partial charge < -0.3 is 44.5 Å². The van der Waals surface area contributed by atoms with E-state index in [1.54, 1.807) is 0 Å². The number of amides is 3. The Morgan fingerprint density at radius 3 is 1.78 bits per heavy atom. The van der Waals surface area contributed by atoms with Gasteiger partial charge >= 0.3 is 6.09 Å². The van der Waals surface area contributed by atoms with Gasteiger partial charge in [0.25, 0.3) is 0 Å². The molecule has 5 atom stereocenters. The average Bonchev–Trinajstić information content (AvgIpc) is 4.13. The highest BCUT2D eigenvalue weighted by atomic mass is 16.5. The first-order chi connectivity index (χ1) is 30.4. The Morgan fingerprint density at radius 2 is 1.24 bits per heavy atom. The number of ether oxygens (including phenoxy) is 1. The molecule has 334 valence electrons. The average molecular weight is 857 g/mol. The molecule has 0 bridgehead atoms. The van der Waals surface area contributed by atoms with Gasteiger partial charge in [-0.1, -0.05) is 39.8 Å². The van der Waals surface area contributed by atoms with Crippen LogP contribution in [0.1, 0.15) is 120 Å². The summed E-state index contributed by atoms with van der Waals surface area (Å²) >= 11 is 0. The number of hydrogen-bond acceptors (Lipinski definition) is 9. The van der Waals surface area contributed by atoms with Gasteiger partial charge in [0.1, 0.15) is 17.7 Å². The lowest BCUT2D eigenvalue weighted by molar-refractivity contribution is -0.135. The lowest BCUT2D eigenvalue weighted by Crippen LogP contribution is -2.51. The van der Waals surface area contributed by atoms with Crippen LogP contribution in [-0.4, -0.2) is 112 Å². The molecular weight excluding hydrogens is 793 g/mol. The fraction of sp³-hybridized carbons (Fsp3) is 0.531. The first kappa shape index (κ1) is 42.7. The Kier molecular flexibility index (Phi) is 12.1. The monoisotopic (exact) mass is 857 g/mol. The van der Waals surface area contributed by atoms with Crippen LogP contribution in [0.5, 0.6) is 0 Å². The Morgan fingerprint density at radius 1 is 0.698 bits per heavy atom. The van der Waals surface area contributed by atoms with Crippen LogP contribution in [0.2, 0.25) is 0 Å². The van der Waals surface area contributed by atoms with Crippen LogP contribution in [0.25, 0.3) is 22.1 Å². The number of nitrogens with zero attached hydrogens (tertiary/aromatic N) is 7. The van der Waals surface area contributed by atoms with Gasteiger partial charge in [-0.3, -0.25) is 9.59 Å². The van der Waals surface area contributed by atoms with Crippen LogP contribution in [0.4, 0.5) is 16.2 Å². The molecule has 5 aromatic rings. The maximum absolute atomic E-state index is 13.9. The maximum Gasteiger partial charge on any atom is 0.407 e. The van der Waals surface area contributed by atoms with Crippen molar-refractivity contribution in [3.8, 4) is 0 Å². The van der Waals surface area contributed by atoms with Gasteiger partial charge in [-0.2, -0.15) is 0 Å². The summed E-state index contributed by atoms with van der Waals surface area (Å²) in [7, 11) is 3.50. The quantitative estimate of drug-likeness (QED) is 0.120. The number of likely N-dealkylation sites (N-methyl/N-ethyl adjacent to an activating group) is 1. The third-order valence-corrected chi connectivity index (χ3v) is 13.9. The summed E-state index contributed by atoms with van der Waals surface area (Å²) in [6.45, 7) is 13.6. The molecule has 4 saturated heterocycles. The van der Waals surface area contributed by atoms with E-state index in [0.717, 1.165) is 105 Å². The highest BCUT2D eigenvalue weighted by Gasteiger charge is 2.39. The van der Waals surface area contributed by atoms with E-state index in [1.165, 1.54) is 29.6 Å². The number of imidazole rings is 2. The second-order valence-electron chi connectivity index (χ2n) is 19.0. The molecule has 63 heavy (non-hydrogen) atoms. The second-order valence-corrected chi connectivity index (χ2v) is 19.0. The molecule has 0 saturated carbocycles. The number of rotatable bonds is 11. The summed E-state index contributed by atoms with van der Waals surface area (Å²) in [5.74, 6) is 1.96. The molecule has 0 unspecified atom stereocenters. The van der Waals surface area contributed by atoms with Gasteiger partial charge in [-0.15, -0.1) is 0 Å². The summed E-state index contributed by atoms with van der Waals surface area (Å²) in [5.41, 5.74) is 8.63. The smallest absolute Gasteiger partial charge is 0.407 e. The van der Waals surface area contributed by atoms with Gasteiger partial charge in [0.15, 0.2) is 0 Å². The van der Waals surface area contributed by atoms with Crippen molar-refractivity contribution in [2.24, 2.45) is 11.8 Å². The van der Waals surface area contributed by atoms with Crippen molar-refractivity contribution >= 4 is 51.3 Å². The lowest BCUT2D eigenvalue weighted by Gasteiger charge is -2.36. The molecule has 4 fully saturated rings. The van der Waals surface area contributed by atoms with E-state index in [-0.39, 0.29) is 41.9 Å². The molecule has 3 amide bonds. The van der Waals surface area contributed by atoms with Crippen molar-refractivity contribution in [3.05, 3.63) is 83.4 Å². The minimum absolute atomic E-state index is 0.0195. The summed E-state index contributed by atoms with van der Waals surface area (Å²) in [6.07, 6.45) is 5.44. The van der Waals surface area contributed by atoms with E-state index in [0.29, 0.717) is 18.9 Å². The van der Waals surface area contributed by atoms with Crippen molar-refractivity contribution < 1.29 is 19.1 Å². The standard InChI is InChI=1S/C49H64N10O4/c1-30(2)27-44(60)57-21-7-9-42(57)46-50-36-17-11-32(28-38(36)52-46)40-19-20-41(59(40)35-15-13-34(14-16-35)56-25-23-55(5)24-26-56)33-12-18-37-39(29-33)53-47(51-37)43-10-8-22-58(43)48(61)45(31(3)4)54-49(62)63-6/h11-18,28-31,40-43,45H,7-10,19-27H2,1-6H3,(H,50,52)(H,51,53)(H,54,62)/t40-,41-,42+,43+,45+/m1/s1. The Hall–Kier alpha value is -5.63. The molecule has 9 rings (SSSR count). The number of piperazine rings is 1. The molecule has 2 aromatic heterocycles. The van der Waals surface area contributed by atoms with Crippen molar-refractivity contribution in [2.45, 2.75) is 103 Å². The summed E-state index contributed by atoms with van der Waals surface area (Å²) in [4.78, 5) is 68.1. The topological polar surface area (TPSA) is 146 Å². The lowest BCUT2D eigenvalue weighted by atomic mass is 10.0. The molecule has 0 aliphatic carbocycles. The minimum atomic E-state index is -0.690. The van der Waals surface area contributed by atoms with Gasteiger partial charge in [-0.25, -0.2) is 14.8 Å². The van der Waals surface area contributed by atoms with Crippen LogP contribution in [0.15, 0.2) is 60.7 Å². The predicted octanol–water partition coefficient (Wildman–Crippen LogP) is 8.03. The first-order valence-corrected chi connectivity index (χ1v) is 23.2. The highest BCUT2D eigenvalue weighted by molar-refractivity contribution is 5.87. The molecular formula is C49H64N10O4. The van der Waals surface area contributed by atoms with Gasteiger partial charge in [0.2, 0.25) is 11.8 Å². The zero-order valence-electron chi connectivity index (χ0n) is 37.8. The molecule has 0 radical (unpaired) electrons. The summed E-state index contributed by atoms with van der Waals surface area (Å²) < 4.78 is 4.84. The van der Waals surface area contributed by atoms with E-state index in [4.69, 9.17) is 14.7 Å². The van der Waals surface area contributed by atoms with Gasteiger partial charge in [0.05, 0.1) is 53.3 Å². The SMILES string of the molecule is COC(=O)N[C@H](C(=O)N1CCC[C@H]1c1nc2ccc([C@H]3CC[C@H](c4ccc5nc([C@@H]6CCCN6C(=O)CC(C)C)[nH]c5c4)N3c3ccc(N4CCN(C)CC4)cc3)cc2[nH]1)C(C)C. The van der Waals surface area contributed by atoms with Gasteiger partial charge in [-0.05, 0) is 117 Å². The number of alkyl carbamates (subject to hydrolysis) is 1. The number of methoxy groups -OCH3 is 1. The molecule has 4 aliphatic heterocycles. The third-order valence-electron chi connectivity index (χ3n) is 13.9. The maximum atomic E-state index is 13.9.